The van der Waals surface area contributed by atoms with E-state index in [2.05, 4.69) is 18.3 Å². The largest absolute Gasteiger partial charge is 0.396 e. The van der Waals surface area contributed by atoms with Crippen molar-refractivity contribution in [1.82, 2.24) is 4.90 Å². The fourth-order valence-corrected chi connectivity index (χ4v) is 2.71. The molecule has 110 valence electrons. The van der Waals surface area contributed by atoms with Crippen LogP contribution in [-0.4, -0.2) is 35.7 Å². The summed E-state index contributed by atoms with van der Waals surface area (Å²) >= 11 is 0. The second-order valence-electron chi connectivity index (χ2n) is 5.51. The van der Waals surface area contributed by atoms with Gasteiger partial charge in [-0.05, 0) is 43.2 Å². The maximum absolute atomic E-state index is 12.3. The summed E-state index contributed by atoms with van der Waals surface area (Å²) in [6.45, 7) is 5.80. The first kappa shape index (κ1) is 14.9. The minimum absolute atomic E-state index is 0.0228. The molecule has 1 heterocycles. The Kier molecular flexibility index (Phi) is 5.01. The normalized spacial score (nSPS) is 16.2. The number of benzene rings is 1. The molecule has 0 radical (unpaired) electrons. The first-order valence-corrected chi connectivity index (χ1v) is 7.41. The number of aryl methyl sites for hydroxylation is 2. The number of nitrogens with one attached hydrogen (secondary N) is 1. The predicted molar refractivity (Wildman–Crippen MR) is 81.0 cm³/mol. The number of carbonyl (C=O) groups excluding carboxylic acids is 1. The Morgan fingerprint density at radius 2 is 2.10 bits per heavy atom. The van der Waals surface area contributed by atoms with Crippen LogP contribution in [0.1, 0.15) is 30.9 Å². The van der Waals surface area contributed by atoms with Gasteiger partial charge in [-0.15, -0.1) is 0 Å². The first-order valence-electron chi connectivity index (χ1n) is 7.41. The first-order chi connectivity index (χ1) is 9.65. The molecule has 1 aromatic carbocycles. The molecule has 0 aromatic heterocycles. The molecule has 0 atom stereocenters. The summed E-state index contributed by atoms with van der Waals surface area (Å²) in [5.74, 6) is 0.351. The van der Waals surface area contributed by atoms with Crippen LogP contribution >= 0.6 is 0 Å². The molecule has 1 aromatic rings. The fraction of sp³-hybridized carbons (Fsp3) is 0.562. The van der Waals surface area contributed by atoms with Gasteiger partial charge < -0.3 is 15.3 Å². The van der Waals surface area contributed by atoms with Crippen molar-refractivity contribution in [3.63, 3.8) is 0 Å². The number of carbonyl (C=O) groups is 1. The quantitative estimate of drug-likeness (QED) is 0.892. The van der Waals surface area contributed by atoms with Crippen molar-refractivity contribution in [1.29, 1.82) is 0 Å². The van der Waals surface area contributed by atoms with Crippen molar-refractivity contribution >= 4 is 11.7 Å². The molecule has 2 rings (SSSR count). The lowest BCUT2D eigenvalue weighted by atomic mass is 9.98. The van der Waals surface area contributed by atoms with Crippen LogP contribution < -0.4 is 5.32 Å². The summed E-state index contributed by atoms with van der Waals surface area (Å²) in [6.07, 6.45) is 2.68. The Hall–Kier alpha value is -1.55. The third kappa shape index (κ3) is 3.31. The molecule has 4 heteroatoms. The van der Waals surface area contributed by atoms with E-state index in [-0.39, 0.29) is 12.6 Å². The Balaban J connectivity index is 2.02. The highest BCUT2D eigenvalue weighted by molar-refractivity contribution is 5.91. The summed E-state index contributed by atoms with van der Waals surface area (Å²) in [5.41, 5.74) is 3.22. The van der Waals surface area contributed by atoms with Crippen LogP contribution in [0.15, 0.2) is 18.2 Å². The van der Waals surface area contributed by atoms with Gasteiger partial charge in [0.25, 0.3) is 0 Å². The molecule has 0 bridgehead atoms. The molecule has 1 aliphatic rings. The lowest BCUT2D eigenvalue weighted by molar-refractivity contribution is 0.143. The SMILES string of the molecule is CCc1cccc(C)c1NC(=O)N1CCC(CO)CC1. The molecule has 0 aliphatic carbocycles. The molecule has 0 spiro atoms. The number of nitrogens with zero attached hydrogens (tertiary/aromatic N) is 1. The summed E-state index contributed by atoms with van der Waals surface area (Å²) < 4.78 is 0. The van der Waals surface area contributed by atoms with Crippen molar-refractivity contribution in [3.8, 4) is 0 Å². The Morgan fingerprint density at radius 3 is 2.70 bits per heavy atom. The molecular formula is C16H24N2O2. The molecule has 0 unspecified atom stereocenters. The Bertz CT molecular complexity index is 466. The van der Waals surface area contributed by atoms with E-state index in [0.717, 1.165) is 43.6 Å². The fourth-order valence-electron chi connectivity index (χ4n) is 2.71. The van der Waals surface area contributed by atoms with Gasteiger partial charge in [-0.1, -0.05) is 25.1 Å². The molecule has 1 fully saturated rings. The molecule has 20 heavy (non-hydrogen) atoms. The molecule has 2 amide bonds. The molecule has 0 saturated carbocycles. The van der Waals surface area contributed by atoms with Gasteiger partial charge in [0.15, 0.2) is 0 Å². The zero-order valence-corrected chi connectivity index (χ0v) is 12.4. The zero-order valence-electron chi connectivity index (χ0n) is 12.4. The van der Waals surface area contributed by atoms with Crippen molar-refractivity contribution in [3.05, 3.63) is 29.3 Å². The summed E-state index contributed by atoms with van der Waals surface area (Å²) in [5, 5.41) is 12.2. The maximum Gasteiger partial charge on any atom is 0.321 e. The Labute approximate surface area is 120 Å². The second kappa shape index (κ2) is 6.75. The van der Waals surface area contributed by atoms with E-state index in [1.807, 2.05) is 24.0 Å². The van der Waals surface area contributed by atoms with Crippen LogP contribution in [-0.2, 0) is 6.42 Å². The third-order valence-electron chi connectivity index (χ3n) is 4.13. The predicted octanol–water partition coefficient (Wildman–Crippen LogP) is 2.79. The molecule has 2 N–H and O–H groups in total. The number of likely N-dealkylation sites (tertiary alicyclic amines) is 1. The molecule has 1 saturated heterocycles. The highest BCUT2D eigenvalue weighted by atomic mass is 16.3. The van der Waals surface area contributed by atoms with E-state index in [9.17, 15) is 4.79 Å². The number of aliphatic hydroxyl groups is 1. The van der Waals surface area contributed by atoms with Crippen LogP contribution in [0.25, 0.3) is 0 Å². The summed E-state index contributed by atoms with van der Waals surface area (Å²) in [4.78, 5) is 14.2. The van der Waals surface area contributed by atoms with E-state index in [0.29, 0.717) is 5.92 Å². The van der Waals surface area contributed by atoms with Gasteiger partial charge >= 0.3 is 6.03 Å². The van der Waals surface area contributed by atoms with Crippen LogP contribution in [0.2, 0.25) is 0 Å². The van der Waals surface area contributed by atoms with Gasteiger partial charge in [0.1, 0.15) is 0 Å². The smallest absolute Gasteiger partial charge is 0.321 e. The molecule has 4 nitrogen and oxygen atoms in total. The number of rotatable bonds is 3. The lowest BCUT2D eigenvalue weighted by Gasteiger charge is -2.31. The number of para-hydroxylation sites is 1. The van der Waals surface area contributed by atoms with Crippen LogP contribution in [0, 0.1) is 12.8 Å². The molecule has 1 aliphatic heterocycles. The number of hydrogen-bond acceptors (Lipinski definition) is 2. The standard InChI is InChI=1S/C16H24N2O2/c1-3-14-6-4-5-12(2)15(14)17-16(20)18-9-7-13(11-19)8-10-18/h4-6,13,19H,3,7-11H2,1-2H3,(H,17,20). The summed E-state index contributed by atoms with van der Waals surface area (Å²) in [6, 6.07) is 6.08. The maximum atomic E-state index is 12.3. The highest BCUT2D eigenvalue weighted by Crippen LogP contribution is 2.23. The third-order valence-corrected chi connectivity index (χ3v) is 4.13. The van der Waals surface area contributed by atoms with Gasteiger partial charge in [0, 0.05) is 25.4 Å². The van der Waals surface area contributed by atoms with Gasteiger partial charge in [-0.2, -0.15) is 0 Å². The van der Waals surface area contributed by atoms with Crippen molar-refractivity contribution < 1.29 is 9.90 Å². The topological polar surface area (TPSA) is 52.6 Å². The van der Waals surface area contributed by atoms with Gasteiger partial charge in [-0.3, -0.25) is 0 Å². The Morgan fingerprint density at radius 1 is 1.40 bits per heavy atom. The molecular weight excluding hydrogens is 252 g/mol. The number of hydrogen-bond donors (Lipinski definition) is 2. The number of amides is 2. The minimum atomic E-state index is -0.0228. The van der Waals surface area contributed by atoms with E-state index >= 15 is 0 Å². The van der Waals surface area contributed by atoms with E-state index in [4.69, 9.17) is 5.11 Å². The van der Waals surface area contributed by atoms with Crippen molar-refractivity contribution in [2.45, 2.75) is 33.1 Å². The van der Waals surface area contributed by atoms with E-state index in [1.165, 1.54) is 5.56 Å². The second-order valence-corrected chi connectivity index (χ2v) is 5.51. The number of anilines is 1. The summed E-state index contributed by atoms with van der Waals surface area (Å²) in [7, 11) is 0. The van der Waals surface area contributed by atoms with Gasteiger partial charge in [0.2, 0.25) is 0 Å². The average molecular weight is 276 g/mol. The monoisotopic (exact) mass is 276 g/mol. The van der Waals surface area contributed by atoms with Crippen LogP contribution in [0.5, 0.6) is 0 Å². The average Bonchev–Trinajstić information content (AvgIpc) is 2.49. The number of urea groups is 1. The highest BCUT2D eigenvalue weighted by Gasteiger charge is 2.22. The van der Waals surface area contributed by atoms with Crippen LogP contribution in [0.4, 0.5) is 10.5 Å². The van der Waals surface area contributed by atoms with Crippen molar-refractivity contribution in [2.24, 2.45) is 5.92 Å². The number of aliphatic hydroxyl groups excluding tert-OH is 1. The lowest BCUT2D eigenvalue weighted by Crippen LogP contribution is -2.41. The van der Waals surface area contributed by atoms with Crippen LogP contribution in [0.3, 0.4) is 0 Å². The van der Waals surface area contributed by atoms with Crippen molar-refractivity contribution in [2.75, 3.05) is 25.0 Å². The van der Waals surface area contributed by atoms with Gasteiger partial charge in [0.05, 0.1) is 0 Å². The number of piperidine rings is 1. The van der Waals surface area contributed by atoms with E-state index in [1.54, 1.807) is 0 Å². The van der Waals surface area contributed by atoms with Gasteiger partial charge in [-0.25, -0.2) is 4.79 Å². The van der Waals surface area contributed by atoms with E-state index < -0.39 is 0 Å². The zero-order chi connectivity index (χ0) is 14.5. The minimum Gasteiger partial charge on any atom is -0.396 e.